The number of carboxylic acid groups (broad SMARTS) is 1. The Morgan fingerprint density at radius 2 is 1.71 bits per heavy atom. The zero-order valence-electron chi connectivity index (χ0n) is 21.4. The summed E-state index contributed by atoms with van der Waals surface area (Å²) < 4.78 is 0. The maximum atomic E-state index is 13.2. The molecule has 1 unspecified atom stereocenters. The minimum Gasteiger partial charge on any atom is -0.481 e. The maximum Gasteiger partial charge on any atom is 0.309 e. The molecule has 2 N–H and O–H groups in total. The number of anilines is 1. The monoisotopic (exact) mass is 490 g/mol. The van der Waals surface area contributed by atoms with E-state index in [4.69, 9.17) is 0 Å². The fraction of sp³-hybridized carbons (Fsp3) is 0.414. The van der Waals surface area contributed by atoms with Crippen molar-refractivity contribution in [3.63, 3.8) is 0 Å². The second-order valence-electron chi connectivity index (χ2n) is 10.9. The number of hydrogen-bond acceptors (Lipinski definition) is 3. The summed E-state index contributed by atoms with van der Waals surface area (Å²) in [5.41, 5.74) is 0.830. The molecule has 0 aliphatic heterocycles. The minimum absolute atomic E-state index is 0.0110. The van der Waals surface area contributed by atoms with Crippen molar-refractivity contribution < 1.29 is 14.7 Å². The zero-order valence-corrected chi connectivity index (χ0v) is 22.4. The van der Waals surface area contributed by atoms with E-state index in [9.17, 15) is 14.7 Å². The van der Waals surface area contributed by atoms with Crippen molar-refractivity contribution in [3.8, 4) is 0 Å². The predicted octanol–water partition coefficient (Wildman–Crippen LogP) is 6.47. The predicted molar refractivity (Wildman–Crippen MR) is 147 cm³/mol. The number of nitrogens with one attached hydrogen (secondary N) is 1. The van der Waals surface area contributed by atoms with Gasteiger partial charge in [-0.2, -0.15) is 0 Å². The number of benzene rings is 2. The SMILES string of the molecule is CC(C)(CCCCC(CC(=O)Nc1cccc2cccnc12)C[Si](C)(C)c1ccccc1)C(=O)O. The van der Waals surface area contributed by atoms with Crippen molar-refractivity contribution in [1.29, 1.82) is 0 Å². The van der Waals surface area contributed by atoms with Gasteiger partial charge in [-0.15, -0.1) is 0 Å². The molecule has 0 saturated carbocycles. The van der Waals surface area contributed by atoms with E-state index in [1.807, 2.05) is 36.4 Å². The highest BCUT2D eigenvalue weighted by atomic mass is 28.3. The molecule has 1 amide bonds. The van der Waals surface area contributed by atoms with Gasteiger partial charge in [-0.3, -0.25) is 14.6 Å². The molecule has 0 fully saturated rings. The number of carboxylic acids is 1. The van der Waals surface area contributed by atoms with Crippen LogP contribution in [0.5, 0.6) is 0 Å². The fourth-order valence-corrected chi connectivity index (χ4v) is 7.90. The summed E-state index contributed by atoms with van der Waals surface area (Å²) in [5.74, 6) is -0.501. The van der Waals surface area contributed by atoms with Crippen LogP contribution in [-0.2, 0) is 9.59 Å². The van der Waals surface area contributed by atoms with Gasteiger partial charge in [0.15, 0.2) is 0 Å². The Hall–Kier alpha value is -2.99. The van der Waals surface area contributed by atoms with Gasteiger partial charge in [0.1, 0.15) is 0 Å². The molecule has 3 aromatic rings. The molecule has 6 heteroatoms. The summed E-state index contributed by atoms with van der Waals surface area (Å²) in [6.07, 6.45) is 5.52. The number of hydrogen-bond donors (Lipinski definition) is 2. The highest BCUT2D eigenvalue weighted by Crippen LogP contribution is 2.29. The topological polar surface area (TPSA) is 79.3 Å². The first-order chi connectivity index (χ1) is 16.6. The van der Waals surface area contributed by atoms with E-state index < -0.39 is 19.5 Å². The Bertz CT molecular complexity index is 1140. The molecule has 35 heavy (non-hydrogen) atoms. The quantitative estimate of drug-likeness (QED) is 0.225. The second kappa shape index (κ2) is 11.6. The molecule has 186 valence electrons. The van der Waals surface area contributed by atoms with Gasteiger partial charge in [-0.05, 0) is 38.3 Å². The highest BCUT2D eigenvalue weighted by Gasteiger charge is 2.30. The van der Waals surface area contributed by atoms with Crippen LogP contribution in [-0.4, -0.2) is 30.0 Å². The van der Waals surface area contributed by atoms with Crippen molar-refractivity contribution in [2.75, 3.05) is 5.32 Å². The average molecular weight is 491 g/mol. The van der Waals surface area contributed by atoms with Crippen molar-refractivity contribution in [2.45, 2.75) is 65.1 Å². The van der Waals surface area contributed by atoms with Crippen LogP contribution < -0.4 is 10.5 Å². The number of amides is 1. The Morgan fingerprint density at radius 1 is 1.00 bits per heavy atom. The van der Waals surface area contributed by atoms with E-state index in [0.717, 1.165) is 41.9 Å². The number of aromatic nitrogens is 1. The van der Waals surface area contributed by atoms with E-state index in [1.165, 1.54) is 5.19 Å². The number of fused-ring (bicyclic) bond motifs is 1. The van der Waals surface area contributed by atoms with Gasteiger partial charge in [0, 0.05) is 18.0 Å². The normalized spacial score (nSPS) is 12.9. The summed E-state index contributed by atoms with van der Waals surface area (Å²) in [7, 11) is -1.75. The Kier molecular flexibility index (Phi) is 8.84. The van der Waals surface area contributed by atoms with Gasteiger partial charge in [0.05, 0.1) is 24.7 Å². The minimum atomic E-state index is -1.75. The number of unbranched alkanes of at least 4 members (excludes halogenated alkanes) is 1. The first-order valence-electron chi connectivity index (χ1n) is 12.5. The van der Waals surface area contributed by atoms with Gasteiger partial charge in [-0.25, -0.2) is 0 Å². The lowest BCUT2D eigenvalue weighted by Crippen LogP contribution is -2.43. The first-order valence-corrected chi connectivity index (χ1v) is 15.7. The molecular weight excluding hydrogens is 452 g/mol. The lowest BCUT2D eigenvalue weighted by atomic mass is 9.86. The molecule has 0 spiro atoms. The molecule has 0 bridgehead atoms. The van der Waals surface area contributed by atoms with Gasteiger partial charge < -0.3 is 10.4 Å². The standard InChI is InChI=1S/C29H38N2O3Si/c1-29(2,28(33)34)18-9-8-12-22(21-35(3,4)24-15-6-5-7-16-24)20-26(32)31-25-17-10-13-23-14-11-19-30-27(23)25/h5-7,10-11,13-17,19,22H,8-9,12,18,20-21H2,1-4H3,(H,31,32)(H,33,34). The molecule has 5 nitrogen and oxygen atoms in total. The third-order valence-corrected chi connectivity index (χ3v) is 10.5. The van der Waals surface area contributed by atoms with Crippen molar-refractivity contribution in [1.82, 2.24) is 4.98 Å². The molecule has 1 atom stereocenters. The summed E-state index contributed by atoms with van der Waals surface area (Å²) in [5, 5.41) is 14.9. The van der Waals surface area contributed by atoms with E-state index in [1.54, 1.807) is 20.0 Å². The number of carbonyl (C=O) groups excluding carboxylic acids is 1. The fourth-order valence-electron chi connectivity index (χ4n) is 4.78. The van der Waals surface area contributed by atoms with Crippen molar-refractivity contribution >= 4 is 41.7 Å². The van der Waals surface area contributed by atoms with Crippen LogP contribution in [0.4, 0.5) is 5.69 Å². The van der Waals surface area contributed by atoms with Crippen LogP contribution in [0.2, 0.25) is 19.1 Å². The molecule has 0 saturated heterocycles. The molecule has 0 radical (unpaired) electrons. The Balaban J connectivity index is 1.70. The third-order valence-electron chi connectivity index (χ3n) is 6.98. The van der Waals surface area contributed by atoms with Gasteiger partial charge >= 0.3 is 5.97 Å². The lowest BCUT2D eigenvalue weighted by Gasteiger charge is -2.29. The van der Waals surface area contributed by atoms with Crippen LogP contribution in [0.15, 0.2) is 66.9 Å². The van der Waals surface area contributed by atoms with Crippen molar-refractivity contribution in [3.05, 3.63) is 66.9 Å². The molecule has 0 aliphatic rings. The Labute approximate surface area is 210 Å². The zero-order chi connectivity index (χ0) is 25.5. The molecule has 1 heterocycles. The number of pyridine rings is 1. The van der Waals surface area contributed by atoms with Crippen LogP contribution in [0.1, 0.15) is 46.0 Å². The van der Waals surface area contributed by atoms with Crippen LogP contribution in [0, 0.1) is 11.3 Å². The summed E-state index contributed by atoms with van der Waals surface area (Å²) in [4.78, 5) is 29.1. The van der Waals surface area contributed by atoms with Crippen LogP contribution in [0.25, 0.3) is 10.9 Å². The Morgan fingerprint density at radius 3 is 2.43 bits per heavy atom. The smallest absolute Gasteiger partial charge is 0.309 e. The number of rotatable bonds is 12. The molecule has 1 aromatic heterocycles. The van der Waals surface area contributed by atoms with E-state index in [-0.39, 0.29) is 11.8 Å². The number of carbonyl (C=O) groups is 2. The van der Waals surface area contributed by atoms with E-state index in [0.29, 0.717) is 12.8 Å². The average Bonchev–Trinajstić information content (AvgIpc) is 2.82. The maximum absolute atomic E-state index is 13.2. The second-order valence-corrected chi connectivity index (χ2v) is 15.6. The first kappa shape index (κ1) is 26.6. The summed E-state index contributed by atoms with van der Waals surface area (Å²) in [6.45, 7) is 8.30. The van der Waals surface area contributed by atoms with Crippen LogP contribution in [0.3, 0.4) is 0 Å². The summed E-state index contributed by atoms with van der Waals surface area (Å²) in [6, 6.07) is 21.4. The van der Waals surface area contributed by atoms with Crippen molar-refractivity contribution in [2.24, 2.45) is 11.3 Å². The van der Waals surface area contributed by atoms with E-state index in [2.05, 4.69) is 47.7 Å². The molecule has 0 aliphatic carbocycles. The van der Waals surface area contributed by atoms with Gasteiger partial charge in [0.2, 0.25) is 5.91 Å². The third kappa shape index (κ3) is 7.49. The number of para-hydroxylation sites is 1. The lowest BCUT2D eigenvalue weighted by molar-refractivity contribution is -0.147. The summed E-state index contributed by atoms with van der Waals surface area (Å²) >= 11 is 0. The molecule has 2 aromatic carbocycles. The number of aliphatic carboxylic acids is 1. The molecule has 3 rings (SSSR count). The number of nitrogens with zero attached hydrogens (tertiary/aromatic N) is 1. The highest BCUT2D eigenvalue weighted by molar-refractivity contribution is 6.89. The molecular formula is C29H38N2O3Si. The van der Waals surface area contributed by atoms with Gasteiger partial charge in [-0.1, -0.05) is 92.1 Å². The van der Waals surface area contributed by atoms with Gasteiger partial charge in [0.25, 0.3) is 0 Å². The van der Waals surface area contributed by atoms with Crippen LogP contribution >= 0.6 is 0 Å². The largest absolute Gasteiger partial charge is 0.481 e. The van der Waals surface area contributed by atoms with E-state index >= 15 is 0 Å².